The van der Waals surface area contributed by atoms with Crippen LogP contribution in [0.4, 0.5) is 0 Å². The summed E-state index contributed by atoms with van der Waals surface area (Å²) in [4.78, 5) is 1.37. The normalized spacial score (nSPS) is 19.3. The molecule has 1 aliphatic heterocycles. The van der Waals surface area contributed by atoms with Crippen molar-refractivity contribution in [2.24, 2.45) is 0 Å². The van der Waals surface area contributed by atoms with E-state index in [2.05, 4.69) is 53.3 Å². The highest BCUT2D eigenvalue weighted by atomic mass is 79.9. The van der Waals surface area contributed by atoms with Gasteiger partial charge in [-0.3, -0.25) is 0 Å². The summed E-state index contributed by atoms with van der Waals surface area (Å²) in [6, 6.07) is 7.06. The monoisotopic (exact) mass is 343 g/mol. The first-order valence-electron chi connectivity index (χ1n) is 6.91. The highest BCUT2D eigenvalue weighted by molar-refractivity contribution is 9.10. The standard InChI is InChI=1S/C15H22BrNOS/c1-11(2)17-9-12-8-13(16)5-6-15(12)19-10-14-4-3-7-18-14/h5-6,8,11,14,17H,3-4,7,9-10H2,1-2H3. The third-order valence-electron chi connectivity index (χ3n) is 3.17. The van der Waals surface area contributed by atoms with Crippen molar-refractivity contribution in [2.45, 2.75) is 50.3 Å². The number of hydrogen-bond acceptors (Lipinski definition) is 3. The molecule has 0 aliphatic carbocycles. The summed E-state index contributed by atoms with van der Waals surface area (Å²) in [6.07, 6.45) is 2.87. The predicted molar refractivity (Wildman–Crippen MR) is 85.8 cm³/mol. The zero-order valence-electron chi connectivity index (χ0n) is 11.6. The minimum Gasteiger partial charge on any atom is -0.377 e. The van der Waals surface area contributed by atoms with Crippen LogP contribution in [0.2, 0.25) is 0 Å². The molecular weight excluding hydrogens is 322 g/mol. The molecule has 1 atom stereocenters. The molecule has 0 spiro atoms. The predicted octanol–water partition coefficient (Wildman–Crippen LogP) is 4.22. The second-order valence-corrected chi connectivity index (χ2v) is 7.21. The highest BCUT2D eigenvalue weighted by Crippen LogP contribution is 2.29. The number of benzene rings is 1. The van der Waals surface area contributed by atoms with E-state index in [1.807, 2.05) is 11.8 Å². The average molecular weight is 344 g/mol. The smallest absolute Gasteiger partial charge is 0.0669 e. The second-order valence-electron chi connectivity index (χ2n) is 5.23. The van der Waals surface area contributed by atoms with Crippen LogP contribution in [0.3, 0.4) is 0 Å². The van der Waals surface area contributed by atoms with Crippen molar-refractivity contribution < 1.29 is 4.74 Å². The lowest BCUT2D eigenvalue weighted by Gasteiger charge is -2.14. The largest absolute Gasteiger partial charge is 0.377 e. The SMILES string of the molecule is CC(C)NCc1cc(Br)ccc1SCC1CCCO1. The molecule has 1 fully saturated rings. The molecule has 1 aliphatic rings. The van der Waals surface area contributed by atoms with Crippen LogP contribution in [0.5, 0.6) is 0 Å². The van der Waals surface area contributed by atoms with Gasteiger partial charge in [0.2, 0.25) is 0 Å². The molecule has 0 saturated carbocycles. The molecule has 1 aromatic rings. The Morgan fingerprint density at radius 1 is 1.47 bits per heavy atom. The number of thioether (sulfide) groups is 1. The van der Waals surface area contributed by atoms with Gasteiger partial charge < -0.3 is 10.1 Å². The molecule has 1 N–H and O–H groups in total. The molecule has 106 valence electrons. The third-order valence-corrected chi connectivity index (χ3v) is 4.91. The van der Waals surface area contributed by atoms with Gasteiger partial charge in [0.05, 0.1) is 6.10 Å². The van der Waals surface area contributed by atoms with E-state index in [0.29, 0.717) is 12.1 Å². The summed E-state index contributed by atoms with van der Waals surface area (Å²) in [5, 5.41) is 3.49. The van der Waals surface area contributed by atoms with Gasteiger partial charge in [0, 0.05) is 34.3 Å². The van der Waals surface area contributed by atoms with Gasteiger partial charge in [-0.15, -0.1) is 11.8 Å². The fraction of sp³-hybridized carbons (Fsp3) is 0.600. The van der Waals surface area contributed by atoms with E-state index in [4.69, 9.17) is 4.74 Å². The summed E-state index contributed by atoms with van der Waals surface area (Å²) in [5.41, 5.74) is 1.37. The van der Waals surface area contributed by atoms with Crippen molar-refractivity contribution in [1.29, 1.82) is 0 Å². The Bertz CT molecular complexity index is 405. The molecule has 2 rings (SSSR count). The number of nitrogens with one attached hydrogen (secondary N) is 1. The van der Waals surface area contributed by atoms with Crippen LogP contribution in [0.1, 0.15) is 32.3 Å². The van der Waals surface area contributed by atoms with Gasteiger partial charge in [-0.2, -0.15) is 0 Å². The molecule has 1 unspecified atom stereocenters. The lowest BCUT2D eigenvalue weighted by molar-refractivity contribution is 0.129. The quantitative estimate of drug-likeness (QED) is 0.781. The number of hydrogen-bond donors (Lipinski definition) is 1. The zero-order valence-corrected chi connectivity index (χ0v) is 14.0. The van der Waals surface area contributed by atoms with Crippen molar-refractivity contribution in [3.05, 3.63) is 28.2 Å². The van der Waals surface area contributed by atoms with Crippen LogP contribution in [0, 0.1) is 0 Å². The Balaban J connectivity index is 1.96. The Morgan fingerprint density at radius 3 is 3.00 bits per heavy atom. The summed E-state index contributed by atoms with van der Waals surface area (Å²) in [6.45, 7) is 6.21. The lowest BCUT2D eigenvalue weighted by Crippen LogP contribution is -2.22. The maximum Gasteiger partial charge on any atom is 0.0669 e. The Labute approximate surface area is 128 Å². The first-order valence-corrected chi connectivity index (χ1v) is 8.69. The van der Waals surface area contributed by atoms with Gasteiger partial charge >= 0.3 is 0 Å². The highest BCUT2D eigenvalue weighted by Gasteiger charge is 2.16. The van der Waals surface area contributed by atoms with E-state index in [9.17, 15) is 0 Å². The molecule has 1 saturated heterocycles. The van der Waals surface area contributed by atoms with Gasteiger partial charge in [0.15, 0.2) is 0 Å². The van der Waals surface area contributed by atoms with Crippen molar-refractivity contribution in [1.82, 2.24) is 5.32 Å². The van der Waals surface area contributed by atoms with Gasteiger partial charge in [-0.25, -0.2) is 0 Å². The van der Waals surface area contributed by atoms with E-state index in [-0.39, 0.29) is 0 Å². The van der Waals surface area contributed by atoms with Crippen LogP contribution in [0.15, 0.2) is 27.6 Å². The first-order chi connectivity index (χ1) is 9.15. The van der Waals surface area contributed by atoms with Crippen LogP contribution in [-0.2, 0) is 11.3 Å². The summed E-state index contributed by atoms with van der Waals surface area (Å²) >= 11 is 5.48. The Kier molecular flexibility index (Phi) is 6.20. The topological polar surface area (TPSA) is 21.3 Å². The molecule has 4 heteroatoms. The molecule has 0 amide bonds. The van der Waals surface area contributed by atoms with Gasteiger partial charge in [0.25, 0.3) is 0 Å². The third kappa shape index (κ3) is 5.10. The van der Waals surface area contributed by atoms with Crippen LogP contribution in [0.25, 0.3) is 0 Å². The molecular formula is C15H22BrNOS. The molecule has 2 nitrogen and oxygen atoms in total. The van der Waals surface area contributed by atoms with Crippen molar-refractivity contribution in [2.75, 3.05) is 12.4 Å². The molecule has 19 heavy (non-hydrogen) atoms. The van der Waals surface area contributed by atoms with Crippen molar-refractivity contribution in [3.63, 3.8) is 0 Å². The number of halogens is 1. The fourth-order valence-electron chi connectivity index (χ4n) is 2.10. The minimum absolute atomic E-state index is 0.444. The maximum absolute atomic E-state index is 5.69. The summed E-state index contributed by atoms with van der Waals surface area (Å²) < 4.78 is 6.84. The van der Waals surface area contributed by atoms with E-state index in [0.717, 1.165) is 23.4 Å². The van der Waals surface area contributed by atoms with E-state index < -0.39 is 0 Å². The Morgan fingerprint density at radius 2 is 2.32 bits per heavy atom. The molecule has 1 aromatic carbocycles. The van der Waals surface area contributed by atoms with Crippen LogP contribution < -0.4 is 5.32 Å². The molecule has 0 radical (unpaired) electrons. The summed E-state index contributed by atoms with van der Waals surface area (Å²) in [5.74, 6) is 1.07. The van der Waals surface area contributed by atoms with Crippen LogP contribution >= 0.6 is 27.7 Å². The minimum atomic E-state index is 0.444. The van der Waals surface area contributed by atoms with E-state index in [1.165, 1.54) is 23.3 Å². The lowest BCUT2D eigenvalue weighted by atomic mass is 10.2. The van der Waals surface area contributed by atoms with Crippen molar-refractivity contribution >= 4 is 27.7 Å². The second kappa shape index (κ2) is 7.67. The number of rotatable bonds is 6. The Hall–Kier alpha value is -0.0300. The molecule has 1 heterocycles. The molecule has 0 bridgehead atoms. The average Bonchev–Trinajstić information content (AvgIpc) is 2.88. The maximum atomic E-state index is 5.69. The van der Waals surface area contributed by atoms with Gasteiger partial charge in [0.1, 0.15) is 0 Å². The number of ether oxygens (including phenoxy) is 1. The van der Waals surface area contributed by atoms with Gasteiger partial charge in [-0.05, 0) is 36.6 Å². The van der Waals surface area contributed by atoms with E-state index in [1.54, 1.807) is 0 Å². The first kappa shape index (κ1) is 15.4. The zero-order chi connectivity index (χ0) is 13.7. The van der Waals surface area contributed by atoms with E-state index >= 15 is 0 Å². The molecule has 0 aromatic heterocycles. The fourth-order valence-corrected chi connectivity index (χ4v) is 3.62. The van der Waals surface area contributed by atoms with Crippen LogP contribution in [-0.4, -0.2) is 24.5 Å². The summed E-state index contributed by atoms with van der Waals surface area (Å²) in [7, 11) is 0. The van der Waals surface area contributed by atoms with Crippen molar-refractivity contribution in [3.8, 4) is 0 Å². The van der Waals surface area contributed by atoms with Gasteiger partial charge in [-0.1, -0.05) is 29.8 Å².